The minimum atomic E-state index is -1.26. The first-order valence-corrected chi connectivity index (χ1v) is 9.15. The van der Waals surface area contributed by atoms with Gasteiger partial charge in [-0.3, -0.25) is 0 Å². The predicted molar refractivity (Wildman–Crippen MR) is 107 cm³/mol. The second-order valence-corrected chi connectivity index (χ2v) is 6.69. The zero-order chi connectivity index (χ0) is 21.2. The first-order valence-electron chi connectivity index (χ1n) is 9.15. The second-order valence-electron chi connectivity index (χ2n) is 6.69. The highest BCUT2D eigenvalue weighted by molar-refractivity contribution is 5.89. The molecule has 0 amide bonds. The van der Waals surface area contributed by atoms with Crippen LogP contribution in [0.2, 0.25) is 0 Å². The number of likely N-dealkylation sites (tertiary alicyclic amines) is 1. The lowest BCUT2D eigenvalue weighted by molar-refractivity contribution is -0.134. The van der Waals surface area contributed by atoms with E-state index >= 15 is 0 Å². The molecule has 2 N–H and O–H groups in total. The molecule has 7 heteroatoms. The lowest BCUT2D eigenvalue weighted by Gasteiger charge is -2.37. The summed E-state index contributed by atoms with van der Waals surface area (Å²) < 4.78 is 19.1. The number of rotatable bonds is 5. The maximum Gasteiger partial charge on any atom is 0.328 e. The average Bonchev–Trinajstić information content (AvgIpc) is 2.70. The van der Waals surface area contributed by atoms with Crippen LogP contribution in [0.25, 0.3) is 0 Å². The third kappa shape index (κ3) is 7.75. The topological polar surface area (TPSA) is 87.1 Å². The number of aliphatic carboxylic acids is 2. The smallest absolute Gasteiger partial charge is 0.328 e. The molecule has 1 heterocycles. The molecule has 1 fully saturated rings. The van der Waals surface area contributed by atoms with E-state index in [9.17, 15) is 14.0 Å². The Morgan fingerprint density at radius 1 is 1.03 bits per heavy atom. The number of nitrogens with zero attached hydrogens (tertiary/aromatic N) is 1. The quantitative estimate of drug-likeness (QED) is 0.747. The fourth-order valence-electron chi connectivity index (χ4n) is 3.09. The number of carboxylic acid groups (broad SMARTS) is 2. The van der Waals surface area contributed by atoms with Crippen LogP contribution >= 0.6 is 0 Å². The number of halogens is 1. The van der Waals surface area contributed by atoms with Crippen molar-refractivity contribution in [1.29, 1.82) is 0 Å². The maximum absolute atomic E-state index is 13.0. The van der Waals surface area contributed by atoms with Crippen LogP contribution in [0.15, 0.2) is 66.7 Å². The lowest BCUT2D eigenvalue weighted by atomic mass is 9.88. The molecule has 154 valence electrons. The van der Waals surface area contributed by atoms with Gasteiger partial charge in [0.1, 0.15) is 17.7 Å². The summed E-state index contributed by atoms with van der Waals surface area (Å²) in [7, 11) is 2.14. The fourth-order valence-corrected chi connectivity index (χ4v) is 3.09. The third-order valence-corrected chi connectivity index (χ3v) is 4.45. The van der Waals surface area contributed by atoms with Crippen LogP contribution in [0.4, 0.5) is 4.39 Å². The van der Waals surface area contributed by atoms with Crippen LogP contribution in [0.3, 0.4) is 0 Å². The molecule has 3 rings (SSSR count). The Labute approximate surface area is 168 Å². The van der Waals surface area contributed by atoms with Gasteiger partial charge in [0.25, 0.3) is 0 Å². The van der Waals surface area contributed by atoms with Gasteiger partial charge >= 0.3 is 11.9 Å². The van der Waals surface area contributed by atoms with Gasteiger partial charge in [-0.2, -0.15) is 0 Å². The Balaban J connectivity index is 0.000000321. The van der Waals surface area contributed by atoms with Crippen molar-refractivity contribution in [3.05, 3.63) is 78.1 Å². The summed E-state index contributed by atoms with van der Waals surface area (Å²) in [5.74, 6) is -1.66. The predicted octanol–water partition coefficient (Wildman–Crippen LogP) is 3.40. The molecule has 1 aliphatic rings. The lowest BCUT2D eigenvalue weighted by Crippen LogP contribution is -2.42. The van der Waals surface area contributed by atoms with Crippen LogP contribution < -0.4 is 4.74 Å². The van der Waals surface area contributed by atoms with Crippen LogP contribution in [0, 0.1) is 5.82 Å². The van der Waals surface area contributed by atoms with Crippen LogP contribution in [0.1, 0.15) is 17.9 Å². The number of piperidine rings is 1. The maximum atomic E-state index is 13.0. The molecule has 1 saturated heterocycles. The minimum absolute atomic E-state index is 0.133. The molecule has 2 aromatic rings. The highest BCUT2D eigenvalue weighted by Crippen LogP contribution is 2.30. The molecule has 0 bridgehead atoms. The number of carbonyl (C=O) groups is 2. The van der Waals surface area contributed by atoms with Crippen LogP contribution in [-0.4, -0.2) is 53.3 Å². The Morgan fingerprint density at radius 3 is 2.17 bits per heavy atom. The van der Waals surface area contributed by atoms with Crippen molar-refractivity contribution in [2.24, 2.45) is 0 Å². The van der Waals surface area contributed by atoms with Crippen LogP contribution in [-0.2, 0) is 9.59 Å². The summed E-state index contributed by atoms with van der Waals surface area (Å²) >= 11 is 0. The average molecular weight is 401 g/mol. The number of hydrogen-bond donors (Lipinski definition) is 2. The first kappa shape index (κ1) is 22.1. The van der Waals surface area contributed by atoms with Crippen molar-refractivity contribution in [3.8, 4) is 5.75 Å². The molecular formula is C22H24FNO5. The summed E-state index contributed by atoms with van der Waals surface area (Å²) in [5.41, 5.74) is 1.30. The summed E-state index contributed by atoms with van der Waals surface area (Å²) in [5, 5.41) is 15.6. The molecule has 2 aromatic carbocycles. The Bertz CT molecular complexity index is 807. The van der Waals surface area contributed by atoms with E-state index in [1.54, 1.807) is 12.1 Å². The van der Waals surface area contributed by atoms with E-state index in [1.165, 1.54) is 17.7 Å². The molecule has 0 radical (unpaired) electrons. The van der Waals surface area contributed by atoms with E-state index in [4.69, 9.17) is 14.9 Å². The molecule has 2 atom stereocenters. The largest absolute Gasteiger partial charge is 0.490 e. The molecule has 0 saturated carbocycles. The normalized spacial score (nSPS) is 19.2. The van der Waals surface area contributed by atoms with E-state index in [0.717, 1.165) is 25.3 Å². The van der Waals surface area contributed by atoms with Gasteiger partial charge in [0, 0.05) is 31.2 Å². The summed E-state index contributed by atoms with van der Waals surface area (Å²) in [4.78, 5) is 21.4. The first-order chi connectivity index (χ1) is 13.8. The van der Waals surface area contributed by atoms with Crippen molar-refractivity contribution in [1.82, 2.24) is 4.90 Å². The second kappa shape index (κ2) is 11.0. The van der Waals surface area contributed by atoms with Crippen molar-refractivity contribution < 1.29 is 28.9 Å². The van der Waals surface area contributed by atoms with Crippen molar-refractivity contribution >= 4 is 11.9 Å². The van der Waals surface area contributed by atoms with Gasteiger partial charge in [0.2, 0.25) is 0 Å². The summed E-state index contributed by atoms with van der Waals surface area (Å²) in [6.07, 6.45) is 2.23. The van der Waals surface area contributed by atoms with E-state index in [2.05, 4.69) is 36.2 Å². The Morgan fingerprint density at radius 2 is 1.62 bits per heavy atom. The van der Waals surface area contributed by atoms with Gasteiger partial charge in [0.05, 0.1) is 0 Å². The third-order valence-electron chi connectivity index (χ3n) is 4.45. The molecule has 1 aliphatic heterocycles. The highest BCUT2D eigenvalue weighted by Gasteiger charge is 2.30. The molecule has 0 spiro atoms. The zero-order valence-electron chi connectivity index (χ0n) is 16.1. The molecule has 2 unspecified atom stereocenters. The fraction of sp³-hybridized carbons (Fsp3) is 0.273. The number of likely N-dealkylation sites (N-methyl/N-ethyl adjacent to an activating group) is 1. The standard InChI is InChI=1S/C18H20FNO.C4H4O4/c1-20-12-11-18(21-16-9-7-15(19)8-10-16)17(13-20)14-5-3-2-4-6-14;5-3(6)1-2-4(7)8/h2-10,17-18H,11-13H2,1H3;1-2H,(H,5,6)(H,7,8). The number of hydrogen-bond acceptors (Lipinski definition) is 4. The number of carboxylic acids is 2. The molecule has 29 heavy (non-hydrogen) atoms. The van der Waals surface area contributed by atoms with Crippen molar-refractivity contribution in [2.45, 2.75) is 18.4 Å². The summed E-state index contributed by atoms with van der Waals surface area (Å²) in [6, 6.07) is 16.8. The Hall–Kier alpha value is -3.19. The van der Waals surface area contributed by atoms with Gasteiger partial charge in [-0.1, -0.05) is 30.3 Å². The van der Waals surface area contributed by atoms with E-state index in [0.29, 0.717) is 18.1 Å². The number of benzene rings is 2. The number of ether oxygens (including phenoxy) is 1. The Kier molecular flexibility index (Phi) is 8.36. The molecule has 6 nitrogen and oxygen atoms in total. The zero-order valence-corrected chi connectivity index (χ0v) is 16.1. The van der Waals surface area contributed by atoms with Gasteiger partial charge in [0.15, 0.2) is 0 Å². The van der Waals surface area contributed by atoms with Crippen LogP contribution in [0.5, 0.6) is 5.75 Å². The molecule has 0 aliphatic carbocycles. The van der Waals surface area contributed by atoms with Crippen molar-refractivity contribution in [3.63, 3.8) is 0 Å². The van der Waals surface area contributed by atoms with Gasteiger partial charge < -0.3 is 19.8 Å². The molecular weight excluding hydrogens is 377 g/mol. The highest BCUT2D eigenvalue weighted by atomic mass is 19.1. The SMILES string of the molecule is CN1CCC(Oc2ccc(F)cc2)C(c2ccccc2)C1.O=C(O)C=CC(=O)O. The van der Waals surface area contributed by atoms with Gasteiger partial charge in [-0.05, 0) is 43.3 Å². The van der Waals surface area contributed by atoms with Gasteiger partial charge in [-0.25, -0.2) is 14.0 Å². The van der Waals surface area contributed by atoms with Crippen molar-refractivity contribution in [2.75, 3.05) is 20.1 Å². The van der Waals surface area contributed by atoms with E-state index in [-0.39, 0.29) is 11.9 Å². The molecule has 0 aromatic heterocycles. The van der Waals surface area contributed by atoms with E-state index < -0.39 is 11.9 Å². The monoisotopic (exact) mass is 401 g/mol. The summed E-state index contributed by atoms with van der Waals surface area (Å²) in [6.45, 7) is 2.01. The minimum Gasteiger partial charge on any atom is -0.490 e. The van der Waals surface area contributed by atoms with E-state index in [1.807, 2.05) is 6.07 Å². The van der Waals surface area contributed by atoms with Gasteiger partial charge in [-0.15, -0.1) is 0 Å².